The van der Waals surface area contributed by atoms with Gasteiger partial charge in [0.25, 0.3) is 5.91 Å². The minimum atomic E-state index is -0.929. The average Bonchev–Trinajstić information content (AvgIpc) is 3.14. The number of hydrogen-bond donors (Lipinski definition) is 1. The SMILES string of the molecule is N#CC1(C(=O)NN=C(c2ccccc2)c2ccccc2)CCCC1. The molecular formula is C20H19N3O. The van der Waals surface area contributed by atoms with Crippen LogP contribution in [0.25, 0.3) is 0 Å². The second-order valence-corrected chi connectivity index (χ2v) is 6.03. The molecule has 0 aliphatic heterocycles. The molecule has 120 valence electrons. The molecule has 1 aliphatic carbocycles. The smallest absolute Gasteiger partial charge is 0.260 e. The lowest BCUT2D eigenvalue weighted by molar-refractivity contribution is -0.127. The van der Waals surface area contributed by atoms with Crippen LogP contribution in [-0.2, 0) is 4.79 Å². The molecule has 0 saturated heterocycles. The number of nitriles is 1. The third-order valence-corrected chi connectivity index (χ3v) is 4.47. The van der Waals surface area contributed by atoms with Gasteiger partial charge in [-0.05, 0) is 12.8 Å². The van der Waals surface area contributed by atoms with Gasteiger partial charge in [-0.15, -0.1) is 0 Å². The maximum absolute atomic E-state index is 12.5. The lowest BCUT2D eigenvalue weighted by Gasteiger charge is -2.17. The molecule has 2 aromatic carbocycles. The summed E-state index contributed by atoms with van der Waals surface area (Å²) in [7, 11) is 0. The average molecular weight is 317 g/mol. The highest BCUT2D eigenvalue weighted by Gasteiger charge is 2.41. The van der Waals surface area contributed by atoms with Crippen LogP contribution in [0.5, 0.6) is 0 Å². The Bertz CT molecular complexity index is 728. The van der Waals surface area contributed by atoms with Crippen molar-refractivity contribution >= 4 is 11.6 Å². The Morgan fingerprint density at radius 3 is 1.92 bits per heavy atom. The van der Waals surface area contributed by atoms with Gasteiger partial charge in [0.2, 0.25) is 0 Å². The van der Waals surface area contributed by atoms with E-state index in [1.54, 1.807) is 0 Å². The minimum absolute atomic E-state index is 0.299. The fourth-order valence-corrected chi connectivity index (χ4v) is 3.07. The molecule has 1 amide bonds. The summed E-state index contributed by atoms with van der Waals surface area (Å²) >= 11 is 0. The Kier molecular flexibility index (Phi) is 4.72. The summed E-state index contributed by atoms with van der Waals surface area (Å²) in [5.74, 6) is -0.299. The van der Waals surface area contributed by atoms with Crippen molar-refractivity contribution in [2.45, 2.75) is 25.7 Å². The van der Waals surface area contributed by atoms with Crippen molar-refractivity contribution in [3.8, 4) is 6.07 Å². The summed E-state index contributed by atoms with van der Waals surface area (Å²) < 4.78 is 0. The van der Waals surface area contributed by atoms with Crippen LogP contribution in [0.4, 0.5) is 0 Å². The highest BCUT2D eigenvalue weighted by Crippen LogP contribution is 2.37. The molecule has 24 heavy (non-hydrogen) atoms. The van der Waals surface area contributed by atoms with E-state index in [2.05, 4.69) is 16.6 Å². The van der Waals surface area contributed by atoms with Gasteiger partial charge in [0.15, 0.2) is 0 Å². The zero-order valence-corrected chi connectivity index (χ0v) is 13.4. The van der Waals surface area contributed by atoms with Crippen LogP contribution in [0.2, 0.25) is 0 Å². The number of hydrazone groups is 1. The molecule has 1 aliphatic rings. The standard InChI is InChI=1S/C20H19N3O/c21-15-20(13-7-8-14-20)19(24)23-22-18(16-9-3-1-4-10-16)17-11-5-2-6-12-17/h1-6,9-12H,7-8,13-14H2,(H,23,24). The third kappa shape index (κ3) is 3.21. The van der Waals surface area contributed by atoms with Crippen LogP contribution in [0.3, 0.4) is 0 Å². The van der Waals surface area contributed by atoms with Crippen LogP contribution < -0.4 is 5.43 Å². The fourth-order valence-electron chi connectivity index (χ4n) is 3.07. The number of amides is 1. The molecule has 4 heteroatoms. The van der Waals surface area contributed by atoms with Gasteiger partial charge in [0.1, 0.15) is 5.41 Å². The molecule has 1 N–H and O–H groups in total. The Balaban J connectivity index is 1.90. The van der Waals surface area contributed by atoms with Gasteiger partial charge in [-0.3, -0.25) is 4.79 Å². The van der Waals surface area contributed by atoms with Gasteiger partial charge in [0, 0.05) is 11.1 Å². The largest absolute Gasteiger partial charge is 0.271 e. The van der Waals surface area contributed by atoms with Crippen molar-refractivity contribution in [2.75, 3.05) is 0 Å². The Morgan fingerprint density at radius 1 is 0.958 bits per heavy atom. The normalized spacial score (nSPS) is 15.3. The lowest BCUT2D eigenvalue weighted by Crippen LogP contribution is -2.36. The zero-order valence-electron chi connectivity index (χ0n) is 13.4. The summed E-state index contributed by atoms with van der Waals surface area (Å²) in [5, 5.41) is 13.8. The molecular weight excluding hydrogens is 298 g/mol. The summed E-state index contributed by atoms with van der Waals surface area (Å²) in [6.45, 7) is 0. The van der Waals surface area contributed by atoms with Crippen LogP contribution in [0, 0.1) is 16.7 Å². The monoisotopic (exact) mass is 317 g/mol. The van der Waals surface area contributed by atoms with Crippen LogP contribution in [0.15, 0.2) is 65.8 Å². The van der Waals surface area contributed by atoms with E-state index < -0.39 is 5.41 Å². The molecule has 4 nitrogen and oxygen atoms in total. The van der Waals surface area contributed by atoms with Gasteiger partial charge in [-0.2, -0.15) is 10.4 Å². The summed E-state index contributed by atoms with van der Waals surface area (Å²) in [6.07, 6.45) is 3.04. The molecule has 0 bridgehead atoms. The molecule has 1 saturated carbocycles. The lowest BCUT2D eigenvalue weighted by atomic mass is 9.87. The minimum Gasteiger partial charge on any atom is -0.271 e. The van der Waals surface area contributed by atoms with Crippen molar-refractivity contribution in [3.05, 3.63) is 71.8 Å². The van der Waals surface area contributed by atoms with Crippen molar-refractivity contribution < 1.29 is 4.79 Å². The Morgan fingerprint density at radius 2 is 1.46 bits per heavy atom. The molecule has 0 radical (unpaired) electrons. The second kappa shape index (κ2) is 7.10. The highest BCUT2D eigenvalue weighted by atomic mass is 16.2. The van der Waals surface area contributed by atoms with E-state index in [0.29, 0.717) is 18.6 Å². The first-order valence-corrected chi connectivity index (χ1v) is 8.15. The van der Waals surface area contributed by atoms with Gasteiger partial charge in [0.05, 0.1) is 11.8 Å². The number of carbonyl (C=O) groups is 1. The molecule has 0 unspecified atom stereocenters. The first kappa shape index (κ1) is 15.9. The first-order chi connectivity index (χ1) is 11.7. The fraction of sp³-hybridized carbons (Fsp3) is 0.250. The molecule has 0 spiro atoms. The number of benzene rings is 2. The number of carbonyl (C=O) groups excluding carboxylic acids is 1. The van der Waals surface area contributed by atoms with Gasteiger partial charge in [-0.1, -0.05) is 73.5 Å². The van der Waals surface area contributed by atoms with Crippen LogP contribution in [-0.4, -0.2) is 11.6 Å². The molecule has 0 atom stereocenters. The van der Waals surface area contributed by atoms with E-state index in [0.717, 1.165) is 24.0 Å². The molecule has 0 heterocycles. The van der Waals surface area contributed by atoms with Crippen molar-refractivity contribution in [1.29, 1.82) is 5.26 Å². The highest BCUT2D eigenvalue weighted by molar-refractivity contribution is 6.13. The number of nitrogens with zero attached hydrogens (tertiary/aromatic N) is 2. The molecule has 0 aromatic heterocycles. The summed E-state index contributed by atoms with van der Waals surface area (Å²) in [4.78, 5) is 12.5. The topological polar surface area (TPSA) is 65.2 Å². The number of hydrogen-bond acceptors (Lipinski definition) is 3. The first-order valence-electron chi connectivity index (χ1n) is 8.15. The van der Waals surface area contributed by atoms with E-state index in [9.17, 15) is 10.1 Å². The van der Waals surface area contributed by atoms with E-state index in [-0.39, 0.29) is 5.91 Å². The number of nitrogens with one attached hydrogen (secondary N) is 1. The van der Waals surface area contributed by atoms with Gasteiger partial charge >= 0.3 is 0 Å². The van der Waals surface area contributed by atoms with Crippen LogP contribution >= 0.6 is 0 Å². The molecule has 2 aromatic rings. The van der Waals surface area contributed by atoms with Gasteiger partial charge < -0.3 is 0 Å². The van der Waals surface area contributed by atoms with E-state index in [4.69, 9.17) is 0 Å². The number of rotatable bonds is 4. The van der Waals surface area contributed by atoms with E-state index >= 15 is 0 Å². The zero-order chi connectivity index (χ0) is 16.8. The Hall–Kier alpha value is -2.93. The molecule has 3 rings (SSSR count). The second-order valence-electron chi connectivity index (χ2n) is 6.03. The van der Waals surface area contributed by atoms with Crippen molar-refractivity contribution in [1.82, 2.24) is 5.43 Å². The van der Waals surface area contributed by atoms with Crippen LogP contribution in [0.1, 0.15) is 36.8 Å². The van der Waals surface area contributed by atoms with E-state index in [1.165, 1.54) is 0 Å². The predicted molar refractivity (Wildman–Crippen MR) is 93.2 cm³/mol. The predicted octanol–water partition coefficient (Wildman–Crippen LogP) is 3.64. The quantitative estimate of drug-likeness (QED) is 0.691. The molecule has 1 fully saturated rings. The Labute approximate surface area is 141 Å². The van der Waals surface area contributed by atoms with E-state index in [1.807, 2.05) is 60.7 Å². The maximum atomic E-state index is 12.5. The van der Waals surface area contributed by atoms with Crippen molar-refractivity contribution in [3.63, 3.8) is 0 Å². The van der Waals surface area contributed by atoms with Crippen molar-refractivity contribution in [2.24, 2.45) is 10.5 Å². The van der Waals surface area contributed by atoms with Gasteiger partial charge in [-0.25, -0.2) is 5.43 Å². The summed E-state index contributed by atoms with van der Waals surface area (Å²) in [5.41, 5.74) is 4.24. The summed E-state index contributed by atoms with van der Waals surface area (Å²) in [6, 6.07) is 21.6. The third-order valence-electron chi connectivity index (χ3n) is 4.47. The maximum Gasteiger partial charge on any atom is 0.260 e.